The normalized spacial score (nSPS) is 27.2. The van der Waals surface area contributed by atoms with E-state index in [1.165, 1.54) is 0 Å². The molecule has 1 unspecified atom stereocenters. The van der Waals surface area contributed by atoms with Gasteiger partial charge in [0, 0.05) is 0 Å². The van der Waals surface area contributed by atoms with Crippen LogP contribution < -0.4 is 10.6 Å². The van der Waals surface area contributed by atoms with Crippen molar-refractivity contribution in [2.45, 2.75) is 25.4 Å². The monoisotopic (exact) mass is 260 g/mol. The molecule has 96 valence electrons. The van der Waals surface area contributed by atoms with Gasteiger partial charge in [-0.2, -0.15) is 0 Å². The van der Waals surface area contributed by atoms with Gasteiger partial charge in [0.15, 0.2) is 9.84 Å². The van der Waals surface area contributed by atoms with Gasteiger partial charge in [-0.05, 0) is 20.4 Å². The predicted octanol–water partition coefficient (Wildman–Crippen LogP) is -0.222. The molecule has 0 radical (unpaired) electrons. The highest BCUT2D eigenvalue weighted by molar-refractivity contribution is 7.91. The van der Waals surface area contributed by atoms with Crippen molar-refractivity contribution in [1.82, 2.24) is 15.5 Å². The van der Waals surface area contributed by atoms with Gasteiger partial charge in [0.25, 0.3) is 0 Å². The van der Waals surface area contributed by atoms with Gasteiger partial charge in [-0.25, -0.2) is 8.42 Å². The standard InChI is InChI=1S/C9H16N4O3S/c1-9(3-4-17(14,15)6-9)11-8-13-12-7(16-8)5-10-2/h10H,3-6H2,1-2H3,(H,11,13). The highest BCUT2D eigenvalue weighted by atomic mass is 32.2. The van der Waals surface area contributed by atoms with Crippen LogP contribution >= 0.6 is 0 Å². The summed E-state index contributed by atoms with van der Waals surface area (Å²) in [5.41, 5.74) is -0.512. The summed E-state index contributed by atoms with van der Waals surface area (Å²) < 4.78 is 28.2. The van der Waals surface area contributed by atoms with Crippen LogP contribution in [-0.2, 0) is 16.4 Å². The number of sulfone groups is 1. The first-order valence-corrected chi connectivity index (χ1v) is 7.20. The van der Waals surface area contributed by atoms with E-state index in [4.69, 9.17) is 4.42 Å². The Bertz CT molecular complexity index is 498. The van der Waals surface area contributed by atoms with E-state index in [1.807, 2.05) is 6.92 Å². The third kappa shape index (κ3) is 2.95. The molecule has 1 saturated heterocycles. The van der Waals surface area contributed by atoms with Crippen LogP contribution in [-0.4, -0.2) is 42.7 Å². The van der Waals surface area contributed by atoms with Crippen LogP contribution in [0.1, 0.15) is 19.2 Å². The molecule has 1 aliphatic rings. The fraction of sp³-hybridized carbons (Fsp3) is 0.778. The Balaban J connectivity index is 2.05. The van der Waals surface area contributed by atoms with Crippen LogP contribution in [0.3, 0.4) is 0 Å². The van der Waals surface area contributed by atoms with E-state index >= 15 is 0 Å². The topological polar surface area (TPSA) is 97.1 Å². The molecule has 7 nitrogen and oxygen atoms in total. The van der Waals surface area contributed by atoms with E-state index in [2.05, 4.69) is 20.8 Å². The molecule has 2 heterocycles. The lowest BCUT2D eigenvalue weighted by Crippen LogP contribution is -2.36. The van der Waals surface area contributed by atoms with Gasteiger partial charge in [0.2, 0.25) is 5.89 Å². The molecular weight excluding hydrogens is 244 g/mol. The molecule has 1 atom stereocenters. The van der Waals surface area contributed by atoms with Crippen molar-refractivity contribution in [3.8, 4) is 0 Å². The summed E-state index contributed by atoms with van der Waals surface area (Å²) in [5.74, 6) is 0.775. The van der Waals surface area contributed by atoms with Crippen LogP contribution in [0.15, 0.2) is 4.42 Å². The molecule has 0 aromatic carbocycles. The minimum absolute atomic E-state index is 0.101. The molecule has 0 spiro atoms. The fourth-order valence-electron chi connectivity index (χ4n) is 1.89. The first-order valence-electron chi connectivity index (χ1n) is 5.38. The van der Waals surface area contributed by atoms with Gasteiger partial charge < -0.3 is 15.1 Å². The fourth-order valence-corrected chi connectivity index (χ4v) is 3.99. The second-order valence-corrected chi connectivity index (χ2v) is 6.74. The largest absolute Gasteiger partial charge is 0.407 e. The molecule has 2 rings (SSSR count). The van der Waals surface area contributed by atoms with Crippen LogP contribution in [0, 0.1) is 0 Å². The maximum absolute atomic E-state index is 11.4. The zero-order valence-electron chi connectivity index (χ0n) is 9.86. The Kier molecular flexibility index (Phi) is 3.09. The third-order valence-electron chi connectivity index (χ3n) is 2.71. The van der Waals surface area contributed by atoms with E-state index in [1.54, 1.807) is 7.05 Å². The Morgan fingerprint density at radius 2 is 2.24 bits per heavy atom. The SMILES string of the molecule is CNCc1nnc(NC2(C)CCS(=O)(=O)C2)o1. The Morgan fingerprint density at radius 3 is 2.82 bits per heavy atom. The number of nitrogens with one attached hydrogen (secondary N) is 2. The van der Waals surface area contributed by atoms with Crippen molar-refractivity contribution in [2.24, 2.45) is 0 Å². The van der Waals surface area contributed by atoms with Crippen molar-refractivity contribution < 1.29 is 12.8 Å². The van der Waals surface area contributed by atoms with Gasteiger partial charge in [0.05, 0.1) is 23.6 Å². The van der Waals surface area contributed by atoms with Gasteiger partial charge >= 0.3 is 6.01 Å². The van der Waals surface area contributed by atoms with E-state index in [9.17, 15) is 8.42 Å². The highest BCUT2D eigenvalue weighted by Gasteiger charge is 2.39. The van der Waals surface area contributed by atoms with Crippen molar-refractivity contribution in [3.63, 3.8) is 0 Å². The molecular formula is C9H16N4O3S. The molecule has 17 heavy (non-hydrogen) atoms. The first kappa shape index (κ1) is 12.3. The summed E-state index contributed by atoms with van der Waals surface area (Å²) in [6.07, 6.45) is 0.555. The lowest BCUT2D eigenvalue weighted by molar-refractivity contribution is 0.468. The minimum Gasteiger partial charge on any atom is -0.407 e. The van der Waals surface area contributed by atoms with Gasteiger partial charge in [-0.1, -0.05) is 5.10 Å². The second kappa shape index (κ2) is 4.26. The van der Waals surface area contributed by atoms with Gasteiger partial charge in [-0.15, -0.1) is 5.10 Å². The van der Waals surface area contributed by atoms with E-state index in [-0.39, 0.29) is 17.5 Å². The summed E-state index contributed by atoms with van der Waals surface area (Å²) in [4.78, 5) is 0. The Morgan fingerprint density at radius 1 is 1.47 bits per heavy atom. The summed E-state index contributed by atoms with van der Waals surface area (Å²) in [6.45, 7) is 2.34. The smallest absolute Gasteiger partial charge is 0.315 e. The number of anilines is 1. The van der Waals surface area contributed by atoms with Gasteiger partial charge in [0.1, 0.15) is 0 Å². The van der Waals surface area contributed by atoms with Crippen molar-refractivity contribution in [3.05, 3.63) is 5.89 Å². The molecule has 1 fully saturated rings. The van der Waals surface area contributed by atoms with Crippen LogP contribution in [0.4, 0.5) is 6.01 Å². The maximum atomic E-state index is 11.4. The lowest BCUT2D eigenvalue weighted by atomic mass is 10.0. The molecule has 0 aliphatic carbocycles. The molecule has 0 saturated carbocycles. The third-order valence-corrected chi connectivity index (χ3v) is 4.61. The highest BCUT2D eigenvalue weighted by Crippen LogP contribution is 2.26. The molecule has 1 aliphatic heterocycles. The van der Waals surface area contributed by atoms with E-state index < -0.39 is 15.4 Å². The van der Waals surface area contributed by atoms with Crippen molar-refractivity contribution in [2.75, 3.05) is 23.9 Å². The number of hydrogen-bond acceptors (Lipinski definition) is 7. The summed E-state index contributed by atoms with van der Waals surface area (Å²) in [6, 6.07) is 0.273. The first-order chi connectivity index (χ1) is 7.92. The lowest BCUT2D eigenvalue weighted by Gasteiger charge is -2.21. The van der Waals surface area contributed by atoms with Crippen molar-refractivity contribution in [1.29, 1.82) is 0 Å². The van der Waals surface area contributed by atoms with E-state index in [0.29, 0.717) is 18.9 Å². The second-order valence-electron chi connectivity index (χ2n) is 4.56. The van der Waals surface area contributed by atoms with E-state index in [0.717, 1.165) is 0 Å². The Labute approximate surface area is 99.9 Å². The van der Waals surface area contributed by atoms with Crippen LogP contribution in [0.25, 0.3) is 0 Å². The quantitative estimate of drug-likeness (QED) is 0.772. The Hall–Kier alpha value is -1.15. The van der Waals surface area contributed by atoms with Crippen LogP contribution in [0.2, 0.25) is 0 Å². The molecule has 0 bridgehead atoms. The number of nitrogens with zero attached hydrogens (tertiary/aromatic N) is 2. The minimum atomic E-state index is -2.94. The predicted molar refractivity (Wildman–Crippen MR) is 62.4 cm³/mol. The number of rotatable bonds is 4. The zero-order chi connectivity index (χ0) is 12.5. The van der Waals surface area contributed by atoms with Crippen molar-refractivity contribution >= 4 is 15.9 Å². The molecule has 0 amide bonds. The molecule has 2 N–H and O–H groups in total. The number of aromatic nitrogens is 2. The molecule has 1 aromatic heterocycles. The summed E-state index contributed by atoms with van der Waals surface area (Å²) >= 11 is 0. The zero-order valence-corrected chi connectivity index (χ0v) is 10.7. The van der Waals surface area contributed by atoms with Crippen LogP contribution in [0.5, 0.6) is 0 Å². The molecule has 1 aromatic rings. The summed E-state index contributed by atoms with van der Waals surface area (Å²) in [7, 11) is -1.16. The average Bonchev–Trinajstić information content (AvgIpc) is 2.73. The average molecular weight is 260 g/mol. The molecule has 8 heteroatoms. The number of hydrogen-bond donors (Lipinski definition) is 2. The van der Waals surface area contributed by atoms with Gasteiger partial charge in [-0.3, -0.25) is 0 Å². The maximum Gasteiger partial charge on any atom is 0.315 e. The summed E-state index contributed by atoms with van der Waals surface area (Å²) in [5, 5.41) is 13.6.